The maximum Gasteiger partial charge on any atom is 0.339 e. The topological polar surface area (TPSA) is 80.7 Å². The molecule has 16 heavy (non-hydrogen) atoms. The minimum Gasteiger partial charge on any atom is -0.494 e. The molecule has 0 spiro atoms. The molecule has 0 heterocycles. The third-order valence-electron chi connectivity index (χ3n) is 1.72. The number of hydrogen-bond acceptors (Lipinski definition) is 4. The summed E-state index contributed by atoms with van der Waals surface area (Å²) in [6, 6.07) is 2.10. The number of halogens is 2. The van der Waals surface area contributed by atoms with Gasteiger partial charge in [-0.1, -0.05) is 11.6 Å². The van der Waals surface area contributed by atoms with E-state index < -0.39 is 19.9 Å². The number of hydrogen-bond donors (Lipinski definition) is 1. The van der Waals surface area contributed by atoms with Gasteiger partial charge in [-0.3, -0.25) is 0 Å². The maximum atomic E-state index is 11.2. The molecule has 1 aromatic carbocycles. The maximum absolute atomic E-state index is 11.2. The van der Waals surface area contributed by atoms with Gasteiger partial charge >= 0.3 is 5.97 Å². The number of carbonyl (C=O) groups is 1. The Balaban J connectivity index is 3.68. The van der Waals surface area contributed by atoms with Gasteiger partial charge in [0.25, 0.3) is 9.05 Å². The summed E-state index contributed by atoms with van der Waals surface area (Å²) in [7, 11) is 2.15. The molecule has 0 saturated heterocycles. The fourth-order valence-electron chi connectivity index (χ4n) is 1.12. The summed E-state index contributed by atoms with van der Waals surface area (Å²) in [4.78, 5) is 10.4. The number of aromatic carboxylic acids is 1. The lowest BCUT2D eigenvalue weighted by atomic mass is 10.2. The van der Waals surface area contributed by atoms with Crippen molar-refractivity contribution >= 4 is 37.3 Å². The van der Waals surface area contributed by atoms with Crippen molar-refractivity contribution < 1.29 is 23.1 Å². The fraction of sp³-hybridized carbons (Fsp3) is 0.125. The third kappa shape index (κ3) is 2.58. The molecule has 0 aromatic heterocycles. The van der Waals surface area contributed by atoms with Crippen LogP contribution in [0.5, 0.6) is 5.75 Å². The van der Waals surface area contributed by atoms with E-state index in [2.05, 4.69) is 0 Å². The number of ether oxygens (including phenoxy) is 1. The van der Waals surface area contributed by atoms with Crippen LogP contribution in [0.4, 0.5) is 0 Å². The summed E-state index contributed by atoms with van der Waals surface area (Å²) in [6.45, 7) is 0. The molecule has 1 rings (SSSR count). The van der Waals surface area contributed by atoms with Crippen LogP contribution in [0.25, 0.3) is 0 Å². The van der Waals surface area contributed by atoms with Crippen LogP contribution in [0, 0.1) is 0 Å². The first-order valence-electron chi connectivity index (χ1n) is 3.83. The van der Waals surface area contributed by atoms with Crippen molar-refractivity contribution in [3.05, 3.63) is 22.7 Å². The van der Waals surface area contributed by atoms with Crippen molar-refractivity contribution in [2.45, 2.75) is 4.90 Å². The first-order valence-corrected chi connectivity index (χ1v) is 6.51. The van der Waals surface area contributed by atoms with E-state index in [4.69, 9.17) is 32.1 Å². The van der Waals surface area contributed by atoms with E-state index in [1.165, 1.54) is 0 Å². The summed E-state index contributed by atoms with van der Waals surface area (Å²) in [5.41, 5.74) is -0.366. The third-order valence-corrected chi connectivity index (χ3v) is 3.26. The first-order chi connectivity index (χ1) is 7.27. The van der Waals surface area contributed by atoms with E-state index in [0.29, 0.717) is 0 Å². The van der Waals surface area contributed by atoms with E-state index in [1.54, 1.807) is 0 Å². The lowest BCUT2D eigenvalue weighted by Gasteiger charge is -2.09. The Labute approximate surface area is 101 Å². The highest BCUT2D eigenvalue weighted by molar-refractivity contribution is 8.13. The molecule has 1 N–H and O–H groups in total. The second-order valence-corrected chi connectivity index (χ2v) is 5.70. The fourth-order valence-corrected chi connectivity index (χ4v) is 2.43. The predicted octanol–water partition coefficient (Wildman–Crippen LogP) is 1.97. The average molecular weight is 285 g/mol. The molecule has 0 atom stereocenters. The largest absolute Gasteiger partial charge is 0.494 e. The Morgan fingerprint density at radius 2 is 2.00 bits per heavy atom. The van der Waals surface area contributed by atoms with Crippen LogP contribution in [0.2, 0.25) is 5.02 Å². The van der Waals surface area contributed by atoms with Gasteiger partial charge in [0.05, 0.1) is 7.11 Å². The molecule has 8 heteroatoms. The predicted molar refractivity (Wildman–Crippen MR) is 58.0 cm³/mol. The number of carboxylic acids is 1. The van der Waals surface area contributed by atoms with Crippen molar-refractivity contribution in [1.82, 2.24) is 0 Å². The molecule has 0 radical (unpaired) electrons. The molecule has 88 valence electrons. The van der Waals surface area contributed by atoms with Crippen molar-refractivity contribution in [3.63, 3.8) is 0 Å². The van der Waals surface area contributed by atoms with Gasteiger partial charge in [0.15, 0.2) is 5.75 Å². The Kier molecular flexibility index (Phi) is 3.67. The van der Waals surface area contributed by atoms with Gasteiger partial charge in [-0.05, 0) is 12.1 Å². The van der Waals surface area contributed by atoms with Gasteiger partial charge < -0.3 is 9.84 Å². The molecule has 5 nitrogen and oxygen atoms in total. The molecule has 0 unspecified atom stereocenters. The zero-order chi connectivity index (χ0) is 12.5. The summed E-state index contributed by atoms with van der Waals surface area (Å²) in [5, 5.41) is 8.78. The zero-order valence-corrected chi connectivity index (χ0v) is 10.2. The molecule has 0 aliphatic heterocycles. The minimum atomic E-state index is -4.12. The van der Waals surface area contributed by atoms with Crippen LogP contribution in [0.1, 0.15) is 10.4 Å². The first kappa shape index (κ1) is 13.1. The van der Waals surface area contributed by atoms with Crippen molar-refractivity contribution in [2.24, 2.45) is 0 Å². The minimum absolute atomic E-state index is 0.0579. The van der Waals surface area contributed by atoms with Crippen LogP contribution in [0.3, 0.4) is 0 Å². The summed E-state index contributed by atoms with van der Waals surface area (Å²) in [5.74, 6) is -1.70. The average Bonchev–Trinajstić information content (AvgIpc) is 2.14. The van der Waals surface area contributed by atoms with Gasteiger partial charge in [-0.15, -0.1) is 0 Å². The number of methoxy groups -OCH3 is 1. The molecular formula is C8H6Cl2O5S. The highest BCUT2D eigenvalue weighted by Crippen LogP contribution is 2.33. The number of rotatable bonds is 3. The van der Waals surface area contributed by atoms with Crippen molar-refractivity contribution in [2.75, 3.05) is 7.11 Å². The van der Waals surface area contributed by atoms with Crippen molar-refractivity contribution in [3.8, 4) is 5.75 Å². The molecule has 0 amide bonds. The van der Waals surface area contributed by atoms with Gasteiger partial charge in [-0.2, -0.15) is 0 Å². The lowest BCUT2D eigenvalue weighted by Crippen LogP contribution is -2.05. The summed E-state index contributed by atoms with van der Waals surface area (Å²) >= 11 is 5.59. The van der Waals surface area contributed by atoms with Gasteiger partial charge in [0.1, 0.15) is 10.5 Å². The highest BCUT2D eigenvalue weighted by atomic mass is 35.7. The van der Waals surface area contributed by atoms with E-state index in [1.807, 2.05) is 0 Å². The molecule has 0 fully saturated rings. The van der Waals surface area contributed by atoms with E-state index in [-0.39, 0.29) is 16.3 Å². The molecular weight excluding hydrogens is 279 g/mol. The van der Waals surface area contributed by atoms with Gasteiger partial charge in [0, 0.05) is 15.7 Å². The SMILES string of the molecule is COc1c(C(=O)O)cc(Cl)cc1S(=O)(=O)Cl. The van der Waals surface area contributed by atoms with Crippen LogP contribution >= 0.6 is 22.3 Å². The van der Waals surface area contributed by atoms with E-state index >= 15 is 0 Å². The standard InChI is InChI=1S/C8H6Cl2O5S/c1-15-7-5(8(11)12)2-4(9)3-6(7)16(10,13)14/h2-3H,1H3,(H,11,12). The molecule has 0 aliphatic rings. The number of carboxylic acid groups (broad SMARTS) is 1. The summed E-state index contributed by atoms with van der Waals surface area (Å²) in [6.07, 6.45) is 0. The van der Waals surface area contributed by atoms with Crippen LogP contribution in [-0.4, -0.2) is 26.6 Å². The van der Waals surface area contributed by atoms with Crippen LogP contribution < -0.4 is 4.74 Å². The summed E-state index contributed by atoms with van der Waals surface area (Å²) < 4.78 is 27.1. The second kappa shape index (κ2) is 4.48. The van der Waals surface area contributed by atoms with E-state index in [9.17, 15) is 13.2 Å². The Bertz CT molecular complexity index is 538. The van der Waals surface area contributed by atoms with Crippen molar-refractivity contribution in [1.29, 1.82) is 0 Å². The second-order valence-electron chi connectivity index (χ2n) is 2.73. The van der Waals surface area contributed by atoms with Gasteiger partial charge in [0.2, 0.25) is 0 Å². The van der Waals surface area contributed by atoms with E-state index in [0.717, 1.165) is 19.2 Å². The Morgan fingerprint density at radius 1 is 1.44 bits per heavy atom. The quantitative estimate of drug-likeness (QED) is 0.859. The molecule has 1 aromatic rings. The van der Waals surface area contributed by atoms with Crippen LogP contribution in [0.15, 0.2) is 17.0 Å². The monoisotopic (exact) mass is 284 g/mol. The normalized spacial score (nSPS) is 11.2. The Morgan fingerprint density at radius 3 is 2.38 bits per heavy atom. The molecule has 0 bridgehead atoms. The number of benzene rings is 1. The Hall–Kier alpha value is -0.980. The smallest absolute Gasteiger partial charge is 0.339 e. The van der Waals surface area contributed by atoms with Gasteiger partial charge in [-0.25, -0.2) is 13.2 Å². The van der Waals surface area contributed by atoms with Crippen LogP contribution in [-0.2, 0) is 9.05 Å². The molecule has 0 saturated carbocycles. The molecule has 0 aliphatic carbocycles. The highest BCUT2D eigenvalue weighted by Gasteiger charge is 2.24. The lowest BCUT2D eigenvalue weighted by molar-refractivity contribution is 0.0693. The zero-order valence-electron chi connectivity index (χ0n) is 7.90.